The third-order valence-corrected chi connectivity index (χ3v) is 2.64. The fourth-order valence-corrected chi connectivity index (χ4v) is 1.76. The second-order valence-electron chi connectivity index (χ2n) is 3.70. The Morgan fingerprint density at radius 1 is 1.29 bits per heavy atom. The van der Waals surface area contributed by atoms with Gasteiger partial charge in [-0.15, -0.1) is 0 Å². The molecule has 4 heteroatoms. The molecule has 0 aliphatic heterocycles. The monoisotopic (exact) mass is 233 g/mol. The van der Waals surface area contributed by atoms with Gasteiger partial charge in [0.15, 0.2) is 0 Å². The van der Waals surface area contributed by atoms with Crippen LogP contribution in [0.1, 0.15) is 17.3 Å². The van der Waals surface area contributed by atoms with Crippen LogP contribution >= 0.6 is 0 Å². The van der Waals surface area contributed by atoms with Gasteiger partial charge in [-0.1, -0.05) is 18.2 Å². The number of benzene rings is 1. The molecule has 17 heavy (non-hydrogen) atoms. The van der Waals surface area contributed by atoms with Crippen LogP contribution in [0.25, 0.3) is 11.1 Å². The van der Waals surface area contributed by atoms with Crippen molar-refractivity contribution in [3.63, 3.8) is 0 Å². The molecule has 1 N–H and O–H groups in total. The van der Waals surface area contributed by atoms with Crippen LogP contribution in [0.4, 0.5) is 4.39 Å². The first-order valence-corrected chi connectivity index (χ1v) is 5.31. The number of rotatable bonds is 3. The van der Waals surface area contributed by atoms with E-state index >= 15 is 0 Å². The van der Waals surface area contributed by atoms with Crippen LogP contribution in [0.15, 0.2) is 36.7 Å². The zero-order valence-corrected chi connectivity index (χ0v) is 9.35. The first-order chi connectivity index (χ1) is 8.13. The van der Waals surface area contributed by atoms with Gasteiger partial charge < -0.3 is 9.67 Å². The van der Waals surface area contributed by atoms with Crippen LogP contribution in [0, 0.1) is 5.82 Å². The molecular formula is C13H12FNO2. The summed E-state index contributed by atoms with van der Waals surface area (Å²) in [6.45, 7) is 2.55. The van der Waals surface area contributed by atoms with Crippen molar-refractivity contribution in [3.05, 3.63) is 48.0 Å². The van der Waals surface area contributed by atoms with Gasteiger partial charge in [-0.2, -0.15) is 0 Å². The van der Waals surface area contributed by atoms with Crippen LogP contribution in [-0.4, -0.2) is 15.6 Å². The Hall–Kier alpha value is -2.10. The Morgan fingerprint density at radius 2 is 2.00 bits per heavy atom. The lowest BCUT2D eigenvalue weighted by Crippen LogP contribution is -1.97. The van der Waals surface area contributed by atoms with E-state index in [4.69, 9.17) is 5.11 Å². The van der Waals surface area contributed by atoms with Gasteiger partial charge in [-0.25, -0.2) is 9.18 Å². The summed E-state index contributed by atoms with van der Waals surface area (Å²) in [5.41, 5.74) is 0.853. The van der Waals surface area contributed by atoms with Crippen molar-refractivity contribution in [3.8, 4) is 11.1 Å². The summed E-state index contributed by atoms with van der Waals surface area (Å²) in [5, 5.41) is 9.09. The minimum absolute atomic E-state index is 0.122. The molecule has 0 bridgehead atoms. The molecule has 3 nitrogen and oxygen atoms in total. The molecule has 88 valence electrons. The molecule has 0 radical (unpaired) electrons. The van der Waals surface area contributed by atoms with Crippen LogP contribution in [0.5, 0.6) is 0 Å². The molecule has 2 rings (SSSR count). The molecule has 1 heterocycles. The quantitative estimate of drug-likeness (QED) is 0.885. The molecule has 0 fully saturated rings. The molecule has 0 unspecified atom stereocenters. The van der Waals surface area contributed by atoms with Gasteiger partial charge in [0.05, 0.1) is 5.56 Å². The van der Waals surface area contributed by atoms with Crippen LogP contribution in [0.3, 0.4) is 0 Å². The number of aryl methyl sites for hydroxylation is 1. The Labute approximate surface area is 98.1 Å². The van der Waals surface area contributed by atoms with Crippen molar-refractivity contribution in [2.24, 2.45) is 0 Å². The number of hydrogen-bond acceptors (Lipinski definition) is 1. The number of hydrogen-bond donors (Lipinski definition) is 1. The normalized spacial score (nSPS) is 10.5. The molecule has 0 aliphatic rings. The fourth-order valence-electron chi connectivity index (χ4n) is 1.76. The van der Waals surface area contributed by atoms with E-state index in [1.54, 1.807) is 29.0 Å². The van der Waals surface area contributed by atoms with Crippen molar-refractivity contribution in [1.29, 1.82) is 0 Å². The molecular weight excluding hydrogens is 221 g/mol. The van der Waals surface area contributed by atoms with Gasteiger partial charge in [0.1, 0.15) is 5.82 Å². The van der Waals surface area contributed by atoms with Gasteiger partial charge in [0.25, 0.3) is 0 Å². The van der Waals surface area contributed by atoms with Gasteiger partial charge >= 0.3 is 5.97 Å². The summed E-state index contributed by atoms with van der Waals surface area (Å²) >= 11 is 0. The van der Waals surface area contributed by atoms with Crippen molar-refractivity contribution < 1.29 is 14.3 Å². The maximum Gasteiger partial charge on any atom is 0.337 e. The molecule has 1 aromatic carbocycles. The smallest absolute Gasteiger partial charge is 0.337 e. The highest BCUT2D eigenvalue weighted by Gasteiger charge is 2.16. The van der Waals surface area contributed by atoms with E-state index in [0.29, 0.717) is 17.7 Å². The van der Waals surface area contributed by atoms with Gasteiger partial charge in [-0.05, 0) is 13.0 Å². The predicted octanol–water partition coefficient (Wildman–Crippen LogP) is 3.01. The summed E-state index contributed by atoms with van der Waals surface area (Å²) in [4.78, 5) is 11.1. The average Bonchev–Trinajstić information content (AvgIpc) is 2.73. The highest BCUT2D eigenvalue weighted by molar-refractivity contribution is 5.96. The number of carboxylic acid groups (broad SMARTS) is 1. The van der Waals surface area contributed by atoms with Gasteiger partial charge in [0.2, 0.25) is 0 Å². The first kappa shape index (κ1) is 11.4. The summed E-state index contributed by atoms with van der Waals surface area (Å²) in [5.74, 6) is -1.46. The maximum atomic E-state index is 13.6. The number of carbonyl (C=O) groups is 1. The van der Waals surface area contributed by atoms with Gasteiger partial charge in [0, 0.05) is 30.1 Å². The van der Waals surface area contributed by atoms with Crippen molar-refractivity contribution >= 4 is 5.97 Å². The van der Waals surface area contributed by atoms with E-state index in [9.17, 15) is 9.18 Å². The van der Waals surface area contributed by atoms with E-state index in [1.165, 1.54) is 12.3 Å². The molecule has 0 atom stereocenters. The van der Waals surface area contributed by atoms with E-state index < -0.39 is 11.8 Å². The fraction of sp³-hybridized carbons (Fsp3) is 0.154. The number of halogens is 1. The summed E-state index contributed by atoms with van der Waals surface area (Å²) in [6.07, 6.45) is 3.17. The second-order valence-corrected chi connectivity index (χ2v) is 3.70. The van der Waals surface area contributed by atoms with Crippen LogP contribution in [-0.2, 0) is 6.54 Å². The lowest BCUT2D eigenvalue weighted by Gasteiger charge is -2.01. The summed E-state index contributed by atoms with van der Waals surface area (Å²) < 4.78 is 15.4. The minimum atomic E-state index is -1.05. The van der Waals surface area contributed by atoms with Gasteiger partial charge in [-0.3, -0.25) is 0 Å². The number of aromatic carboxylic acids is 1. The van der Waals surface area contributed by atoms with E-state index in [1.807, 2.05) is 6.92 Å². The van der Waals surface area contributed by atoms with Crippen molar-refractivity contribution in [2.75, 3.05) is 0 Å². The highest BCUT2D eigenvalue weighted by atomic mass is 19.1. The lowest BCUT2D eigenvalue weighted by molar-refractivity contribution is 0.0697. The Bertz CT molecular complexity index is 560. The summed E-state index contributed by atoms with van der Waals surface area (Å²) in [6, 6.07) is 6.17. The van der Waals surface area contributed by atoms with Crippen molar-refractivity contribution in [1.82, 2.24) is 4.57 Å². The Morgan fingerprint density at radius 3 is 2.59 bits per heavy atom. The third kappa shape index (κ3) is 2.06. The molecule has 0 saturated heterocycles. The van der Waals surface area contributed by atoms with E-state index in [0.717, 1.165) is 0 Å². The van der Waals surface area contributed by atoms with E-state index in [-0.39, 0.29) is 5.56 Å². The largest absolute Gasteiger partial charge is 0.478 e. The Balaban J connectivity index is 2.62. The maximum absolute atomic E-state index is 13.6. The Kier molecular flexibility index (Phi) is 2.95. The molecule has 0 aliphatic carbocycles. The number of carboxylic acids is 1. The average molecular weight is 233 g/mol. The second kappa shape index (κ2) is 4.41. The topological polar surface area (TPSA) is 42.2 Å². The van der Waals surface area contributed by atoms with E-state index in [2.05, 4.69) is 0 Å². The molecule has 1 aromatic heterocycles. The molecule has 0 amide bonds. The van der Waals surface area contributed by atoms with Crippen LogP contribution < -0.4 is 0 Å². The highest BCUT2D eigenvalue weighted by Crippen LogP contribution is 2.27. The number of nitrogens with zero attached hydrogens (tertiary/aromatic N) is 1. The van der Waals surface area contributed by atoms with Crippen molar-refractivity contribution in [2.45, 2.75) is 13.5 Å². The zero-order valence-electron chi connectivity index (χ0n) is 9.35. The molecule has 2 aromatic rings. The molecule has 0 saturated carbocycles. The number of aromatic nitrogens is 1. The van der Waals surface area contributed by atoms with Crippen LogP contribution in [0.2, 0.25) is 0 Å². The predicted molar refractivity (Wildman–Crippen MR) is 62.5 cm³/mol. The third-order valence-electron chi connectivity index (χ3n) is 2.64. The first-order valence-electron chi connectivity index (χ1n) is 5.31. The lowest BCUT2D eigenvalue weighted by atomic mass is 10.0. The SMILES string of the molecule is CCn1cc(C(=O)O)c(-c2ccccc2F)c1. The molecule has 0 spiro atoms. The summed E-state index contributed by atoms with van der Waals surface area (Å²) in [7, 11) is 0. The zero-order chi connectivity index (χ0) is 12.4. The minimum Gasteiger partial charge on any atom is -0.478 e. The standard InChI is InChI=1S/C13H12FNO2/c1-2-15-7-10(11(8-15)13(16)17)9-5-3-4-6-12(9)14/h3-8H,2H2,1H3,(H,16,17).